The fourth-order valence-electron chi connectivity index (χ4n) is 1.90. The van der Waals surface area contributed by atoms with Gasteiger partial charge in [-0.3, -0.25) is 0 Å². The van der Waals surface area contributed by atoms with Crippen molar-refractivity contribution in [1.29, 1.82) is 0 Å². The van der Waals surface area contributed by atoms with Crippen LogP contribution in [0.15, 0.2) is 4.60 Å². The molecule has 1 N–H and O–H groups in total. The quantitative estimate of drug-likeness (QED) is 0.794. The Labute approximate surface area is 125 Å². The minimum absolute atomic E-state index is 0.00898. The number of aromatic nitrogens is 3. The Morgan fingerprint density at radius 2 is 1.71 bits per heavy atom. The Balaban J connectivity index is 3.34. The number of nitrogens with one attached hydrogen (secondary N) is 1. The molecule has 0 radical (unpaired) electrons. The van der Waals surface area contributed by atoms with Crippen molar-refractivity contribution in [2.24, 2.45) is 13.0 Å². The van der Waals surface area contributed by atoms with Crippen LogP contribution in [0.4, 0.5) is 26.3 Å². The Morgan fingerprint density at radius 1 is 1.19 bits per heavy atom. The average molecular weight is 383 g/mol. The third-order valence-electron chi connectivity index (χ3n) is 2.77. The molecule has 11 heteroatoms. The van der Waals surface area contributed by atoms with Crippen molar-refractivity contribution in [2.45, 2.75) is 31.7 Å². The van der Waals surface area contributed by atoms with Gasteiger partial charge in [0.05, 0.1) is 11.7 Å². The molecule has 0 saturated heterocycles. The Bertz CT molecular complexity index is 436. The van der Waals surface area contributed by atoms with E-state index in [-0.39, 0.29) is 16.8 Å². The number of aryl methyl sites for hydroxylation is 1. The summed E-state index contributed by atoms with van der Waals surface area (Å²) in [4.78, 5) is 0. The largest absolute Gasteiger partial charge is 0.402 e. The van der Waals surface area contributed by atoms with E-state index in [2.05, 4.69) is 31.6 Å². The fourth-order valence-corrected chi connectivity index (χ4v) is 2.48. The van der Waals surface area contributed by atoms with Gasteiger partial charge in [0.15, 0.2) is 10.5 Å². The molecule has 0 bridgehead atoms. The summed E-state index contributed by atoms with van der Waals surface area (Å²) < 4.78 is 78.3. The van der Waals surface area contributed by atoms with Gasteiger partial charge in [-0.1, -0.05) is 12.1 Å². The Hall–Kier alpha value is -0.840. The lowest BCUT2D eigenvalue weighted by molar-refractivity contribution is -0.293. The van der Waals surface area contributed by atoms with Gasteiger partial charge >= 0.3 is 12.4 Å². The lowest BCUT2D eigenvalue weighted by Crippen LogP contribution is -2.46. The molecule has 0 aliphatic carbocycles. The first-order chi connectivity index (χ1) is 9.50. The molecule has 122 valence electrons. The average Bonchev–Trinajstić information content (AvgIpc) is 2.61. The van der Waals surface area contributed by atoms with E-state index in [0.717, 1.165) is 4.68 Å². The minimum atomic E-state index is -5.45. The van der Waals surface area contributed by atoms with Gasteiger partial charge in [0.2, 0.25) is 0 Å². The maximum atomic E-state index is 12.9. The highest BCUT2D eigenvalue weighted by Gasteiger charge is 2.61. The van der Waals surface area contributed by atoms with Gasteiger partial charge in [-0.25, -0.2) is 4.68 Å². The van der Waals surface area contributed by atoms with Crippen molar-refractivity contribution in [3.05, 3.63) is 10.3 Å². The maximum absolute atomic E-state index is 12.9. The van der Waals surface area contributed by atoms with Crippen LogP contribution in [0, 0.1) is 5.92 Å². The van der Waals surface area contributed by atoms with Crippen LogP contribution in [0.2, 0.25) is 0 Å². The van der Waals surface area contributed by atoms with E-state index in [0.29, 0.717) is 6.42 Å². The van der Waals surface area contributed by atoms with Crippen LogP contribution in [0.3, 0.4) is 0 Å². The number of hydrogen-bond donors (Lipinski definition) is 1. The van der Waals surface area contributed by atoms with Crippen LogP contribution >= 0.6 is 15.9 Å². The number of halogens is 7. The summed E-state index contributed by atoms with van der Waals surface area (Å²) in [6.07, 6.45) is -10.5. The standard InChI is InChI=1S/C10H13BrF6N4/c1-3-4-18-5(6-8(11)19-20-21(6)2)7(9(12,13)14)10(15,16)17/h5,7,18H,3-4H2,1-2H3. The maximum Gasteiger partial charge on any atom is 0.402 e. The van der Waals surface area contributed by atoms with E-state index in [1.54, 1.807) is 6.92 Å². The molecule has 0 aromatic carbocycles. The van der Waals surface area contributed by atoms with E-state index in [1.807, 2.05) is 0 Å². The first-order valence-electron chi connectivity index (χ1n) is 5.92. The van der Waals surface area contributed by atoms with E-state index in [4.69, 9.17) is 0 Å². The molecule has 1 atom stereocenters. The first kappa shape index (κ1) is 18.2. The topological polar surface area (TPSA) is 42.7 Å². The highest BCUT2D eigenvalue weighted by atomic mass is 79.9. The van der Waals surface area contributed by atoms with E-state index < -0.39 is 24.3 Å². The summed E-state index contributed by atoms with van der Waals surface area (Å²) in [5.41, 5.74) is -0.303. The highest BCUT2D eigenvalue weighted by molar-refractivity contribution is 9.10. The predicted octanol–water partition coefficient (Wildman–Crippen LogP) is 3.36. The Morgan fingerprint density at radius 3 is 2.05 bits per heavy atom. The molecule has 1 aromatic heterocycles. The van der Waals surface area contributed by atoms with Crippen molar-refractivity contribution >= 4 is 15.9 Å². The van der Waals surface area contributed by atoms with Gasteiger partial charge < -0.3 is 5.32 Å². The second-order valence-corrected chi connectivity index (χ2v) is 5.13. The molecule has 21 heavy (non-hydrogen) atoms. The SMILES string of the molecule is CCCNC(c1c(Br)nnn1C)C(C(F)(F)F)C(F)(F)F. The summed E-state index contributed by atoms with van der Waals surface area (Å²) in [7, 11) is 1.23. The monoisotopic (exact) mass is 382 g/mol. The highest BCUT2D eigenvalue weighted by Crippen LogP contribution is 2.47. The van der Waals surface area contributed by atoms with Gasteiger partial charge in [0, 0.05) is 7.05 Å². The van der Waals surface area contributed by atoms with Gasteiger partial charge in [-0.05, 0) is 28.9 Å². The Kier molecular flexibility index (Phi) is 5.64. The second kappa shape index (κ2) is 6.51. The third-order valence-corrected chi connectivity index (χ3v) is 3.34. The first-order valence-corrected chi connectivity index (χ1v) is 6.71. The molecule has 1 unspecified atom stereocenters. The molecule has 0 fully saturated rings. The van der Waals surface area contributed by atoms with E-state index in [1.165, 1.54) is 7.05 Å². The molecular weight excluding hydrogens is 370 g/mol. The smallest absolute Gasteiger partial charge is 0.308 e. The zero-order chi connectivity index (χ0) is 16.4. The number of hydrogen-bond acceptors (Lipinski definition) is 3. The summed E-state index contributed by atoms with van der Waals surface area (Å²) in [6.45, 7) is 1.63. The molecular formula is C10H13BrF6N4. The molecule has 0 saturated carbocycles. The van der Waals surface area contributed by atoms with Gasteiger partial charge in [0.25, 0.3) is 0 Å². The molecule has 1 heterocycles. The van der Waals surface area contributed by atoms with Crippen molar-refractivity contribution in [2.75, 3.05) is 6.54 Å². The summed E-state index contributed by atoms with van der Waals surface area (Å²) >= 11 is 2.84. The van der Waals surface area contributed by atoms with Crippen molar-refractivity contribution < 1.29 is 26.3 Å². The van der Waals surface area contributed by atoms with Crippen molar-refractivity contribution in [3.63, 3.8) is 0 Å². The van der Waals surface area contributed by atoms with Crippen molar-refractivity contribution in [3.8, 4) is 0 Å². The molecule has 0 aliphatic rings. The zero-order valence-corrected chi connectivity index (χ0v) is 12.6. The van der Waals surface area contributed by atoms with E-state index in [9.17, 15) is 26.3 Å². The summed E-state index contributed by atoms with van der Waals surface area (Å²) in [5.74, 6) is -3.55. The third kappa shape index (κ3) is 4.31. The predicted molar refractivity (Wildman–Crippen MR) is 65.3 cm³/mol. The van der Waals surface area contributed by atoms with Gasteiger partial charge in [-0.15, -0.1) is 5.10 Å². The van der Waals surface area contributed by atoms with Crippen LogP contribution in [-0.4, -0.2) is 33.9 Å². The van der Waals surface area contributed by atoms with Gasteiger partial charge in [-0.2, -0.15) is 26.3 Å². The molecule has 0 amide bonds. The summed E-state index contributed by atoms with van der Waals surface area (Å²) in [5, 5.41) is 9.18. The van der Waals surface area contributed by atoms with Crippen LogP contribution in [0.25, 0.3) is 0 Å². The molecule has 1 aromatic rings. The van der Waals surface area contributed by atoms with E-state index >= 15 is 0 Å². The lowest BCUT2D eigenvalue weighted by atomic mass is 9.95. The van der Waals surface area contributed by atoms with Crippen LogP contribution < -0.4 is 5.32 Å². The van der Waals surface area contributed by atoms with Crippen molar-refractivity contribution in [1.82, 2.24) is 20.3 Å². The fraction of sp³-hybridized carbons (Fsp3) is 0.800. The number of nitrogens with zero attached hydrogens (tertiary/aromatic N) is 3. The molecule has 1 rings (SSSR count). The number of rotatable bonds is 5. The zero-order valence-electron chi connectivity index (χ0n) is 11.1. The van der Waals surface area contributed by atoms with Crippen LogP contribution in [0.5, 0.6) is 0 Å². The minimum Gasteiger partial charge on any atom is -0.308 e. The lowest BCUT2D eigenvalue weighted by Gasteiger charge is -2.31. The molecule has 0 spiro atoms. The number of alkyl halides is 6. The van der Waals surface area contributed by atoms with Crippen LogP contribution in [0.1, 0.15) is 25.1 Å². The van der Waals surface area contributed by atoms with Crippen LogP contribution in [-0.2, 0) is 7.05 Å². The normalized spacial score (nSPS) is 14.8. The van der Waals surface area contributed by atoms with Gasteiger partial charge in [0.1, 0.15) is 0 Å². The molecule has 4 nitrogen and oxygen atoms in total. The second-order valence-electron chi connectivity index (χ2n) is 4.38. The summed E-state index contributed by atoms with van der Waals surface area (Å²) in [6, 6.07) is -2.03. The molecule has 0 aliphatic heterocycles.